The highest BCUT2D eigenvalue weighted by Crippen LogP contribution is 2.18. The molecule has 0 aliphatic carbocycles. The SMILES string of the molecule is C=CCNCCSc1nc2ccccc2[nH]1. The molecule has 0 spiro atoms. The van der Waals surface area contributed by atoms with Crippen LogP contribution in [0, 0.1) is 0 Å². The zero-order valence-electron chi connectivity index (χ0n) is 9.07. The van der Waals surface area contributed by atoms with Gasteiger partial charge in [-0.3, -0.25) is 0 Å². The second-order valence-corrected chi connectivity index (χ2v) is 4.48. The van der Waals surface area contributed by atoms with Crippen LogP contribution in [-0.4, -0.2) is 28.8 Å². The highest BCUT2D eigenvalue weighted by atomic mass is 32.2. The summed E-state index contributed by atoms with van der Waals surface area (Å²) in [7, 11) is 0. The highest BCUT2D eigenvalue weighted by Gasteiger charge is 2.01. The van der Waals surface area contributed by atoms with Crippen LogP contribution in [0.4, 0.5) is 0 Å². The molecule has 0 radical (unpaired) electrons. The third-order valence-electron chi connectivity index (χ3n) is 2.17. The van der Waals surface area contributed by atoms with E-state index in [2.05, 4.69) is 21.9 Å². The van der Waals surface area contributed by atoms with E-state index in [9.17, 15) is 0 Å². The molecule has 0 saturated heterocycles. The van der Waals surface area contributed by atoms with Crippen LogP contribution < -0.4 is 5.32 Å². The molecule has 3 nitrogen and oxygen atoms in total. The van der Waals surface area contributed by atoms with E-state index in [1.165, 1.54) is 0 Å². The van der Waals surface area contributed by atoms with Crippen LogP contribution in [0.3, 0.4) is 0 Å². The van der Waals surface area contributed by atoms with Gasteiger partial charge in [0.25, 0.3) is 0 Å². The summed E-state index contributed by atoms with van der Waals surface area (Å²) in [5.41, 5.74) is 2.13. The molecule has 2 aromatic rings. The summed E-state index contributed by atoms with van der Waals surface area (Å²) in [6, 6.07) is 8.08. The van der Waals surface area contributed by atoms with Crippen LogP contribution in [0.15, 0.2) is 42.1 Å². The van der Waals surface area contributed by atoms with Gasteiger partial charge in [0.2, 0.25) is 0 Å². The van der Waals surface area contributed by atoms with E-state index in [1.807, 2.05) is 30.3 Å². The lowest BCUT2D eigenvalue weighted by Gasteiger charge is -1.98. The molecule has 1 aromatic carbocycles. The van der Waals surface area contributed by atoms with Crippen molar-refractivity contribution in [2.45, 2.75) is 5.16 Å². The predicted octanol–water partition coefficient (Wildman–Crippen LogP) is 2.43. The zero-order chi connectivity index (χ0) is 11.2. The number of benzene rings is 1. The molecule has 1 heterocycles. The Kier molecular flexibility index (Phi) is 4.02. The lowest BCUT2D eigenvalue weighted by molar-refractivity contribution is 0.806. The molecule has 2 rings (SSSR count). The van der Waals surface area contributed by atoms with Crippen molar-refractivity contribution in [3.63, 3.8) is 0 Å². The second kappa shape index (κ2) is 5.72. The lowest BCUT2D eigenvalue weighted by atomic mass is 10.3. The first-order chi connectivity index (χ1) is 7.90. The van der Waals surface area contributed by atoms with Gasteiger partial charge in [-0.2, -0.15) is 0 Å². The molecule has 0 fully saturated rings. The van der Waals surface area contributed by atoms with Crippen molar-refractivity contribution in [2.75, 3.05) is 18.8 Å². The van der Waals surface area contributed by atoms with Crippen LogP contribution in [0.2, 0.25) is 0 Å². The van der Waals surface area contributed by atoms with Crippen molar-refractivity contribution in [1.29, 1.82) is 0 Å². The van der Waals surface area contributed by atoms with Gasteiger partial charge in [-0.05, 0) is 12.1 Å². The summed E-state index contributed by atoms with van der Waals surface area (Å²) in [5, 5.41) is 4.25. The van der Waals surface area contributed by atoms with E-state index >= 15 is 0 Å². The van der Waals surface area contributed by atoms with Gasteiger partial charge in [-0.1, -0.05) is 30.0 Å². The van der Waals surface area contributed by atoms with Gasteiger partial charge in [-0.25, -0.2) is 4.98 Å². The number of H-pyrrole nitrogens is 1. The Bertz CT molecular complexity index is 431. The zero-order valence-corrected chi connectivity index (χ0v) is 9.89. The van der Waals surface area contributed by atoms with Gasteiger partial charge < -0.3 is 10.3 Å². The molecule has 0 amide bonds. The molecule has 0 unspecified atom stereocenters. The largest absolute Gasteiger partial charge is 0.333 e. The number of hydrogen-bond acceptors (Lipinski definition) is 3. The number of imidazole rings is 1. The fourth-order valence-corrected chi connectivity index (χ4v) is 2.21. The second-order valence-electron chi connectivity index (χ2n) is 3.40. The van der Waals surface area contributed by atoms with Crippen molar-refractivity contribution >= 4 is 22.8 Å². The highest BCUT2D eigenvalue weighted by molar-refractivity contribution is 7.99. The number of nitrogens with zero attached hydrogens (tertiary/aromatic N) is 1. The third-order valence-corrected chi connectivity index (χ3v) is 3.05. The molecule has 16 heavy (non-hydrogen) atoms. The smallest absolute Gasteiger partial charge is 0.166 e. The van der Waals surface area contributed by atoms with Crippen LogP contribution >= 0.6 is 11.8 Å². The molecule has 2 N–H and O–H groups in total. The first-order valence-electron chi connectivity index (χ1n) is 5.29. The van der Waals surface area contributed by atoms with E-state index in [1.54, 1.807) is 11.8 Å². The first-order valence-corrected chi connectivity index (χ1v) is 6.28. The Balaban J connectivity index is 1.87. The minimum atomic E-state index is 0.862. The van der Waals surface area contributed by atoms with Gasteiger partial charge >= 0.3 is 0 Å². The van der Waals surface area contributed by atoms with E-state index in [0.29, 0.717) is 0 Å². The molecule has 0 saturated carbocycles. The monoisotopic (exact) mass is 233 g/mol. The maximum atomic E-state index is 4.49. The maximum absolute atomic E-state index is 4.49. The number of aromatic amines is 1. The van der Waals surface area contributed by atoms with E-state index in [0.717, 1.165) is 35.0 Å². The molecule has 1 aromatic heterocycles. The van der Waals surface area contributed by atoms with E-state index in [4.69, 9.17) is 0 Å². The number of aromatic nitrogens is 2. The van der Waals surface area contributed by atoms with Crippen molar-refractivity contribution in [2.24, 2.45) is 0 Å². The maximum Gasteiger partial charge on any atom is 0.166 e. The molecule has 0 aliphatic rings. The summed E-state index contributed by atoms with van der Waals surface area (Å²) in [6.45, 7) is 5.49. The molecule has 0 bridgehead atoms. The number of rotatable bonds is 6. The Labute approximate surface area is 99.3 Å². The van der Waals surface area contributed by atoms with Crippen LogP contribution in [0.1, 0.15) is 0 Å². The molecule has 0 atom stereocenters. The summed E-state index contributed by atoms with van der Waals surface area (Å²) in [4.78, 5) is 7.78. The third kappa shape index (κ3) is 2.87. The van der Waals surface area contributed by atoms with Gasteiger partial charge in [0, 0.05) is 18.8 Å². The molecule has 0 aliphatic heterocycles. The van der Waals surface area contributed by atoms with Gasteiger partial charge in [0.05, 0.1) is 11.0 Å². The minimum Gasteiger partial charge on any atom is -0.333 e. The fraction of sp³-hybridized carbons (Fsp3) is 0.250. The van der Waals surface area contributed by atoms with Crippen molar-refractivity contribution in [3.8, 4) is 0 Å². The molecule has 4 heteroatoms. The van der Waals surface area contributed by atoms with Crippen LogP contribution in [-0.2, 0) is 0 Å². The Morgan fingerprint density at radius 1 is 1.44 bits per heavy atom. The Morgan fingerprint density at radius 3 is 3.12 bits per heavy atom. The van der Waals surface area contributed by atoms with E-state index < -0.39 is 0 Å². The summed E-state index contributed by atoms with van der Waals surface area (Å²) in [6.07, 6.45) is 1.87. The first kappa shape index (κ1) is 11.2. The number of para-hydroxylation sites is 2. The molecular formula is C12H15N3S. The van der Waals surface area contributed by atoms with Gasteiger partial charge in [0.15, 0.2) is 5.16 Å². The topological polar surface area (TPSA) is 40.7 Å². The van der Waals surface area contributed by atoms with E-state index in [-0.39, 0.29) is 0 Å². The van der Waals surface area contributed by atoms with Crippen molar-refractivity contribution in [3.05, 3.63) is 36.9 Å². The summed E-state index contributed by atoms with van der Waals surface area (Å²) in [5.74, 6) is 1.01. The Hall–Kier alpha value is -1.26. The number of hydrogen-bond donors (Lipinski definition) is 2. The fourth-order valence-electron chi connectivity index (χ4n) is 1.42. The number of thioether (sulfide) groups is 1. The average Bonchev–Trinajstić information content (AvgIpc) is 2.71. The standard InChI is InChI=1S/C12H15N3S/c1-2-7-13-8-9-16-12-14-10-5-3-4-6-11(10)15-12/h2-6,13H,1,7-9H2,(H,14,15). The molecular weight excluding hydrogens is 218 g/mol. The summed E-state index contributed by atoms with van der Waals surface area (Å²) < 4.78 is 0. The number of nitrogens with one attached hydrogen (secondary N) is 2. The van der Waals surface area contributed by atoms with Crippen LogP contribution in [0.5, 0.6) is 0 Å². The minimum absolute atomic E-state index is 0.862. The molecule has 84 valence electrons. The summed E-state index contributed by atoms with van der Waals surface area (Å²) >= 11 is 1.73. The lowest BCUT2D eigenvalue weighted by Crippen LogP contribution is -2.16. The van der Waals surface area contributed by atoms with Crippen molar-refractivity contribution < 1.29 is 0 Å². The van der Waals surface area contributed by atoms with Crippen molar-refractivity contribution in [1.82, 2.24) is 15.3 Å². The average molecular weight is 233 g/mol. The number of fused-ring (bicyclic) bond motifs is 1. The van der Waals surface area contributed by atoms with Crippen LogP contribution in [0.25, 0.3) is 11.0 Å². The Morgan fingerprint density at radius 2 is 2.31 bits per heavy atom. The quantitative estimate of drug-likeness (QED) is 0.457. The van der Waals surface area contributed by atoms with Gasteiger partial charge in [-0.15, -0.1) is 6.58 Å². The normalized spacial score (nSPS) is 10.8. The van der Waals surface area contributed by atoms with Gasteiger partial charge in [0.1, 0.15) is 0 Å². The predicted molar refractivity (Wildman–Crippen MR) is 69.9 cm³/mol.